The lowest BCUT2D eigenvalue weighted by atomic mass is 10.1. The molecule has 3 N–H and O–H groups in total. The van der Waals surface area contributed by atoms with Gasteiger partial charge in [0.15, 0.2) is 5.75 Å². The number of nitrogen functional groups attached to an aromatic ring is 1. The summed E-state index contributed by atoms with van der Waals surface area (Å²) in [4.78, 5) is 18.0. The molecule has 0 unspecified atom stereocenters. The Hall–Kier alpha value is -2.57. The molecule has 1 aromatic heterocycles. The number of anilines is 1. The van der Waals surface area contributed by atoms with Crippen LogP contribution < -0.4 is 10.5 Å². The van der Waals surface area contributed by atoms with E-state index in [1.807, 2.05) is 6.92 Å². The molecule has 0 radical (unpaired) electrons. The molecular weight excluding hydrogens is 258 g/mol. The van der Waals surface area contributed by atoms with E-state index in [-0.39, 0.29) is 5.91 Å². The molecular formula is C13H17N5O2. The van der Waals surface area contributed by atoms with Crippen molar-refractivity contribution >= 4 is 11.6 Å². The van der Waals surface area contributed by atoms with Crippen LogP contribution in [-0.2, 0) is 6.54 Å². The SMILES string of the molecule is CCOc1c(N)cccc1C(=O)N(C)Cc1ncn[nH]1. The molecule has 0 spiro atoms. The first kappa shape index (κ1) is 13.9. The molecule has 0 aliphatic carbocycles. The van der Waals surface area contributed by atoms with Crippen molar-refractivity contribution < 1.29 is 9.53 Å². The summed E-state index contributed by atoms with van der Waals surface area (Å²) >= 11 is 0. The molecule has 20 heavy (non-hydrogen) atoms. The second kappa shape index (κ2) is 6.05. The van der Waals surface area contributed by atoms with Gasteiger partial charge in [-0.3, -0.25) is 9.89 Å². The topological polar surface area (TPSA) is 97.1 Å². The highest BCUT2D eigenvalue weighted by Gasteiger charge is 2.19. The van der Waals surface area contributed by atoms with Gasteiger partial charge in [-0.15, -0.1) is 0 Å². The summed E-state index contributed by atoms with van der Waals surface area (Å²) in [5.41, 5.74) is 6.75. The van der Waals surface area contributed by atoms with Crippen molar-refractivity contribution in [1.29, 1.82) is 0 Å². The fourth-order valence-electron chi connectivity index (χ4n) is 1.84. The maximum atomic E-state index is 12.4. The van der Waals surface area contributed by atoms with Gasteiger partial charge in [0, 0.05) is 7.05 Å². The third-order valence-corrected chi connectivity index (χ3v) is 2.76. The minimum Gasteiger partial charge on any atom is -0.491 e. The summed E-state index contributed by atoms with van der Waals surface area (Å²) < 4.78 is 5.47. The minimum absolute atomic E-state index is 0.183. The summed E-state index contributed by atoms with van der Waals surface area (Å²) in [6, 6.07) is 5.13. The molecule has 1 amide bonds. The molecule has 0 saturated heterocycles. The number of amides is 1. The lowest BCUT2D eigenvalue weighted by Gasteiger charge is -2.18. The number of para-hydroxylation sites is 1. The summed E-state index contributed by atoms with van der Waals surface area (Å²) in [6.07, 6.45) is 1.40. The number of H-pyrrole nitrogens is 1. The van der Waals surface area contributed by atoms with Gasteiger partial charge in [0.25, 0.3) is 5.91 Å². The summed E-state index contributed by atoms with van der Waals surface area (Å²) in [6.45, 7) is 2.62. The number of nitrogens with two attached hydrogens (primary N) is 1. The zero-order valence-corrected chi connectivity index (χ0v) is 11.5. The molecule has 7 heteroatoms. The van der Waals surface area contributed by atoms with E-state index in [2.05, 4.69) is 15.2 Å². The Morgan fingerprint density at radius 3 is 2.95 bits per heavy atom. The number of aromatic nitrogens is 3. The molecule has 0 bridgehead atoms. The van der Waals surface area contributed by atoms with E-state index in [1.165, 1.54) is 11.2 Å². The van der Waals surface area contributed by atoms with E-state index in [0.717, 1.165) is 0 Å². The van der Waals surface area contributed by atoms with Gasteiger partial charge in [-0.2, -0.15) is 5.10 Å². The summed E-state index contributed by atoms with van der Waals surface area (Å²) in [7, 11) is 1.68. The Bertz CT molecular complexity index is 582. The van der Waals surface area contributed by atoms with Gasteiger partial charge in [-0.25, -0.2) is 4.98 Å². The first-order valence-corrected chi connectivity index (χ1v) is 6.24. The van der Waals surface area contributed by atoms with Gasteiger partial charge in [0.05, 0.1) is 24.4 Å². The van der Waals surface area contributed by atoms with Gasteiger partial charge < -0.3 is 15.4 Å². The second-order valence-corrected chi connectivity index (χ2v) is 4.25. The number of hydrogen-bond acceptors (Lipinski definition) is 5. The zero-order valence-electron chi connectivity index (χ0n) is 11.5. The fourth-order valence-corrected chi connectivity index (χ4v) is 1.84. The number of carbonyl (C=O) groups excluding carboxylic acids is 1. The van der Waals surface area contributed by atoms with Gasteiger partial charge >= 0.3 is 0 Å². The van der Waals surface area contributed by atoms with Crippen LogP contribution in [0.2, 0.25) is 0 Å². The maximum absolute atomic E-state index is 12.4. The molecule has 0 saturated carbocycles. The fraction of sp³-hybridized carbons (Fsp3) is 0.308. The van der Waals surface area contributed by atoms with Crippen molar-refractivity contribution in [3.05, 3.63) is 35.9 Å². The van der Waals surface area contributed by atoms with Crippen LogP contribution in [0.5, 0.6) is 5.75 Å². The summed E-state index contributed by atoms with van der Waals surface area (Å²) in [5.74, 6) is 0.851. The Balaban J connectivity index is 2.22. The molecule has 0 atom stereocenters. The number of aromatic amines is 1. The first-order chi connectivity index (χ1) is 9.63. The Labute approximate surface area is 116 Å². The highest BCUT2D eigenvalue weighted by atomic mass is 16.5. The Morgan fingerprint density at radius 2 is 2.30 bits per heavy atom. The number of nitrogens with one attached hydrogen (secondary N) is 1. The van der Waals surface area contributed by atoms with Gasteiger partial charge in [-0.05, 0) is 19.1 Å². The van der Waals surface area contributed by atoms with Crippen LogP contribution in [0.3, 0.4) is 0 Å². The van der Waals surface area contributed by atoms with Crippen LogP contribution >= 0.6 is 0 Å². The maximum Gasteiger partial charge on any atom is 0.257 e. The molecule has 1 aromatic carbocycles. The van der Waals surface area contributed by atoms with Crippen LogP contribution in [0.25, 0.3) is 0 Å². The Morgan fingerprint density at radius 1 is 1.50 bits per heavy atom. The number of benzene rings is 1. The number of ether oxygens (including phenoxy) is 1. The highest BCUT2D eigenvalue weighted by molar-refractivity contribution is 5.98. The monoisotopic (exact) mass is 275 g/mol. The third kappa shape index (κ3) is 2.87. The van der Waals surface area contributed by atoms with Crippen LogP contribution in [0, 0.1) is 0 Å². The van der Waals surface area contributed by atoms with Crippen molar-refractivity contribution in [2.75, 3.05) is 19.4 Å². The molecule has 1 heterocycles. The quantitative estimate of drug-likeness (QED) is 0.795. The van der Waals surface area contributed by atoms with Crippen molar-refractivity contribution in [2.45, 2.75) is 13.5 Å². The van der Waals surface area contributed by atoms with Crippen molar-refractivity contribution in [2.24, 2.45) is 0 Å². The molecule has 0 aliphatic heterocycles. The second-order valence-electron chi connectivity index (χ2n) is 4.25. The number of hydrogen-bond donors (Lipinski definition) is 2. The lowest BCUT2D eigenvalue weighted by Crippen LogP contribution is -2.27. The molecule has 7 nitrogen and oxygen atoms in total. The average Bonchev–Trinajstić information content (AvgIpc) is 2.93. The normalized spacial score (nSPS) is 10.3. The molecule has 0 aliphatic rings. The molecule has 0 fully saturated rings. The molecule has 106 valence electrons. The van der Waals surface area contributed by atoms with E-state index in [9.17, 15) is 4.79 Å². The zero-order chi connectivity index (χ0) is 14.5. The van der Waals surface area contributed by atoms with Gasteiger partial charge in [-0.1, -0.05) is 6.07 Å². The first-order valence-electron chi connectivity index (χ1n) is 6.24. The third-order valence-electron chi connectivity index (χ3n) is 2.76. The van der Waals surface area contributed by atoms with Crippen molar-refractivity contribution in [1.82, 2.24) is 20.1 Å². The number of carbonyl (C=O) groups is 1. The van der Waals surface area contributed by atoms with Crippen LogP contribution in [0.4, 0.5) is 5.69 Å². The van der Waals surface area contributed by atoms with Crippen molar-refractivity contribution in [3.8, 4) is 5.75 Å². The van der Waals surface area contributed by atoms with Gasteiger partial charge in [0.1, 0.15) is 12.2 Å². The van der Waals surface area contributed by atoms with E-state index in [0.29, 0.717) is 36.0 Å². The summed E-state index contributed by atoms with van der Waals surface area (Å²) in [5, 5.41) is 6.46. The predicted octanol–water partition coefficient (Wildman–Crippen LogP) is 1.06. The smallest absolute Gasteiger partial charge is 0.257 e. The standard InChI is InChI=1S/C13H17N5O2/c1-3-20-12-9(5-4-6-10(12)14)13(19)18(2)7-11-15-8-16-17-11/h4-6,8H,3,7,14H2,1-2H3,(H,15,16,17). The minimum atomic E-state index is -0.183. The van der Waals surface area contributed by atoms with E-state index >= 15 is 0 Å². The van der Waals surface area contributed by atoms with Crippen molar-refractivity contribution in [3.63, 3.8) is 0 Å². The van der Waals surface area contributed by atoms with E-state index in [4.69, 9.17) is 10.5 Å². The van der Waals surface area contributed by atoms with Crippen LogP contribution in [0.15, 0.2) is 24.5 Å². The highest BCUT2D eigenvalue weighted by Crippen LogP contribution is 2.27. The van der Waals surface area contributed by atoms with E-state index in [1.54, 1.807) is 25.2 Å². The Kier molecular flexibility index (Phi) is 4.19. The number of rotatable bonds is 5. The van der Waals surface area contributed by atoms with Gasteiger partial charge in [0.2, 0.25) is 0 Å². The molecule has 2 rings (SSSR count). The van der Waals surface area contributed by atoms with Crippen LogP contribution in [0.1, 0.15) is 23.1 Å². The molecule has 2 aromatic rings. The lowest BCUT2D eigenvalue weighted by molar-refractivity contribution is 0.0777. The van der Waals surface area contributed by atoms with E-state index < -0.39 is 0 Å². The average molecular weight is 275 g/mol. The predicted molar refractivity (Wildman–Crippen MR) is 74.2 cm³/mol. The largest absolute Gasteiger partial charge is 0.491 e. The number of nitrogens with zero attached hydrogens (tertiary/aromatic N) is 3. The van der Waals surface area contributed by atoms with Crippen LogP contribution in [-0.4, -0.2) is 39.6 Å².